The topological polar surface area (TPSA) is 35.0 Å². The van der Waals surface area contributed by atoms with Crippen LogP contribution >= 0.6 is 11.6 Å². The standard InChI is InChI=1S/C9H11ClN2O/c1-6-4-9(12-11-8(6)3)13-5-7(2)10/h4H,2,5H2,1,3H3. The second kappa shape index (κ2) is 4.23. The van der Waals surface area contributed by atoms with Crippen LogP contribution in [0.25, 0.3) is 0 Å². The fraction of sp³-hybridized carbons (Fsp3) is 0.333. The van der Waals surface area contributed by atoms with Crippen LogP contribution in [0.3, 0.4) is 0 Å². The van der Waals surface area contributed by atoms with Crippen molar-refractivity contribution in [2.75, 3.05) is 6.61 Å². The molecule has 0 saturated carbocycles. The molecule has 0 fully saturated rings. The van der Waals surface area contributed by atoms with Crippen molar-refractivity contribution in [3.8, 4) is 5.88 Å². The molecule has 0 aliphatic heterocycles. The van der Waals surface area contributed by atoms with Crippen LogP contribution in [0.1, 0.15) is 11.3 Å². The van der Waals surface area contributed by atoms with Gasteiger partial charge in [0.05, 0.1) is 5.69 Å². The van der Waals surface area contributed by atoms with E-state index in [1.54, 1.807) is 0 Å². The van der Waals surface area contributed by atoms with Crippen molar-refractivity contribution >= 4 is 11.6 Å². The minimum absolute atomic E-state index is 0.263. The fourth-order valence-electron chi connectivity index (χ4n) is 0.744. The average Bonchev–Trinajstić information content (AvgIpc) is 2.07. The van der Waals surface area contributed by atoms with Crippen molar-refractivity contribution in [1.82, 2.24) is 10.2 Å². The van der Waals surface area contributed by atoms with Gasteiger partial charge >= 0.3 is 0 Å². The van der Waals surface area contributed by atoms with E-state index < -0.39 is 0 Å². The molecule has 0 aliphatic rings. The number of rotatable bonds is 3. The van der Waals surface area contributed by atoms with Crippen molar-refractivity contribution in [1.29, 1.82) is 0 Å². The summed E-state index contributed by atoms with van der Waals surface area (Å²) in [5.41, 5.74) is 1.95. The molecule has 0 unspecified atom stereocenters. The monoisotopic (exact) mass is 198 g/mol. The van der Waals surface area contributed by atoms with E-state index >= 15 is 0 Å². The van der Waals surface area contributed by atoms with Gasteiger partial charge in [-0.2, -0.15) is 5.10 Å². The van der Waals surface area contributed by atoms with Crippen molar-refractivity contribution < 1.29 is 4.74 Å². The highest BCUT2D eigenvalue weighted by atomic mass is 35.5. The number of hydrogen-bond donors (Lipinski definition) is 0. The number of aromatic nitrogens is 2. The second-order valence-electron chi connectivity index (χ2n) is 2.76. The van der Waals surface area contributed by atoms with Crippen LogP contribution in [-0.4, -0.2) is 16.8 Å². The van der Waals surface area contributed by atoms with Crippen LogP contribution in [0.5, 0.6) is 5.88 Å². The number of aryl methyl sites for hydroxylation is 2. The van der Waals surface area contributed by atoms with E-state index in [4.69, 9.17) is 16.3 Å². The Bertz CT molecular complexity index is 325. The highest BCUT2D eigenvalue weighted by molar-refractivity contribution is 6.29. The van der Waals surface area contributed by atoms with Gasteiger partial charge in [0.15, 0.2) is 0 Å². The Morgan fingerprint density at radius 3 is 2.77 bits per heavy atom. The lowest BCUT2D eigenvalue weighted by Gasteiger charge is -2.04. The number of halogens is 1. The molecule has 0 aliphatic carbocycles. The molecule has 1 aromatic heterocycles. The highest BCUT2D eigenvalue weighted by Gasteiger charge is 2.00. The summed E-state index contributed by atoms with van der Waals surface area (Å²) in [7, 11) is 0. The summed E-state index contributed by atoms with van der Waals surface area (Å²) in [5.74, 6) is 0.477. The van der Waals surface area contributed by atoms with Crippen LogP contribution < -0.4 is 4.74 Å². The zero-order valence-corrected chi connectivity index (χ0v) is 8.43. The lowest BCUT2D eigenvalue weighted by Crippen LogP contribution is -2.01. The van der Waals surface area contributed by atoms with Gasteiger partial charge in [-0.3, -0.25) is 0 Å². The van der Waals surface area contributed by atoms with Gasteiger partial charge in [0.2, 0.25) is 5.88 Å². The SMILES string of the molecule is C=C(Cl)COc1cc(C)c(C)nn1. The first-order chi connectivity index (χ1) is 6.09. The number of ether oxygens (including phenoxy) is 1. The predicted molar refractivity (Wildman–Crippen MR) is 52.0 cm³/mol. The van der Waals surface area contributed by atoms with Crippen LogP contribution in [0, 0.1) is 13.8 Å². The maximum Gasteiger partial charge on any atom is 0.234 e. The van der Waals surface area contributed by atoms with Gasteiger partial charge in [0.1, 0.15) is 6.61 Å². The largest absolute Gasteiger partial charge is 0.471 e. The molecule has 0 aromatic carbocycles. The normalized spacial score (nSPS) is 9.77. The molecule has 1 heterocycles. The van der Waals surface area contributed by atoms with Crippen molar-refractivity contribution in [2.45, 2.75) is 13.8 Å². The minimum atomic E-state index is 0.263. The Balaban J connectivity index is 2.68. The summed E-state index contributed by atoms with van der Waals surface area (Å²) >= 11 is 5.53. The molecule has 0 spiro atoms. The van der Waals surface area contributed by atoms with E-state index in [9.17, 15) is 0 Å². The molecule has 3 nitrogen and oxygen atoms in total. The lowest BCUT2D eigenvalue weighted by atomic mass is 10.2. The minimum Gasteiger partial charge on any atom is -0.471 e. The molecular formula is C9H11ClN2O. The van der Waals surface area contributed by atoms with Gasteiger partial charge in [-0.1, -0.05) is 18.2 Å². The molecule has 0 saturated heterocycles. The smallest absolute Gasteiger partial charge is 0.234 e. The Morgan fingerprint density at radius 2 is 2.23 bits per heavy atom. The Kier molecular flexibility index (Phi) is 3.25. The van der Waals surface area contributed by atoms with E-state index in [-0.39, 0.29) is 6.61 Å². The first kappa shape index (κ1) is 9.99. The van der Waals surface area contributed by atoms with Gasteiger partial charge in [0, 0.05) is 11.1 Å². The molecule has 0 atom stereocenters. The number of nitrogens with zero attached hydrogens (tertiary/aromatic N) is 2. The zero-order valence-electron chi connectivity index (χ0n) is 7.67. The molecule has 4 heteroatoms. The Morgan fingerprint density at radius 1 is 1.54 bits per heavy atom. The van der Waals surface area contributed by atoms with Crippen LogP contribution in [0.4, 0.5) is 0 Å². The summed E-state index contributed by atoms with van der Waals surface area (Å²) in [4.78, 5) is 0. The van der Waals surface area contributed by atoms with E-state index in [1.165, 1.54) is 0 Å². The summed E-state index contributed by atoms with van der Waals surface area (Å²) in [6, 6.07) is 1.82. The summed E-state index contributed by atoms with van der Waals surface area (Å²) < 4.78 is 5.20. The molecule has 1 aromatic rings. The molecular weight excluding hydrogens is 188 g/mol. The van der Waals surface area contributed by atoms with Gasteiger partial charge < -0.3 is 4.74 Å². The summed E-state index contributed by atoms with van der Waals surface area (Å²) in [6.45, 7) is 7.61. The quantitative estimate of drug-likeness (QED) is 0.747. The van der Waals surface area contributed by atoms with E-state index in [2.05, 4.69) is 16.8 Å². The van der Waals surface area contributed by atoms with E-state index in [0.717, 1.165) is 11.3 Å². The molecule has 13 heavy (non-hydrogen) atoms. The highest BCUT2D eigenvalue weighted by Crippen LogP contribution is 2.11. The van der Waals surface area contributed by atoms with Crippen LogP contribution in [0.2, 0.25) is 0 Å². The van der Waals surface area contributed by atoms with Gasteiger partial charge in [-0.25, -0.2) is 0 Å². The molecule has 70 valence electrons. The summed E-state index contributed by atoms with van der Waals surface area (Å²) in [6.07, 6.45) is 0. The first-order valence-electron chi connectivity index (χ1n) is 3.86. The first-order valence-corrected chi connectivity index (χ1v) is 4.24. The van der Waals surface area contributed by atoms with Crippen molar-refractivity contribution in [3.05, 3.63) is 28.9 Å². The Labute approximate surface area is 82.4 Å². The lowest BCUT2D eigenvalue weighted by molar-refractivity contribution is 0.340. The maximum absolute atomic E-state index is 5.53. The molecule has 1 rings (SSSR count). The number of hydrogen-bond acceptors (Lipinski definition) is 3. The third kappa shape index (κ3) is 3.03. The molecule has 0 radical (unpaired) electrons. The second-order valence-corrected chi connectivity index (χ2v) is 3.29. The van der Waals surface area contributed by atoms with Crippen LogP contribution in [-0.2, 0) is 0 Å². The molecule has 0 amide bonds. The predicted octanol–water partition coefficient (Wildman–Crippen LogP) is 2.22. The van der Waals surface area contributed by atoms with Gasteiger partial charge in [-0.15, -0.1) is 5.10 Å². The molecule has 0 bridgehead atoms. The van der Waals surface area contributed by atoms with E-state index in [1.807, 2.05) is 19.9 Å². The van der Waals surface area contributed by atoms with Gasteiger partial charge in [0.25, 0.3) is 0 Å². The molecule has 0 N–H and O–H groups in total. The van der Waals surface area contributed by atoms with E-state index in [0.29, 0.717) is 10.9 Å². The Hall–Kier alpha value is -1.09. The summed E-state index contributed by atoms with van der Waals surface area (Å²) in [5, 5.41) is 8.19. The average molecular weight is 199 g/mol. The van der Waals surface area contributed by atoms with Crippen LogP contribution in [0.15, 0.2) is 17.7 Å². The third-order valence-electron chi connectivity index (χ3n) is 1.59. The maximum atomic E-state index is 5.53. The third-order valence-corrected chi connectivity index (χ3v) is 1.70. The van der Waals surface area contributed by atoms with Gasteiger partial charge in [-0.05, 0) is 19.4 Å². The van der Waals surface area contributed by atoms with Crippen molar-refractivity contribution in [2.24, 2.45) is 0 Å². The fourth-order valence-corrected chi connectivity index (χ4v) is 0.799. The zero-order chi connectivity index (χ0) is 9.84. The van der Waals surface area contributed by atoms with Crippen molar-refractivity contribution in [3.63, 3.8) is 0 Å².